The van der Waals surface area contributed by atoms with E-state index in [4.69, 9.17) is 5.73 Å². The van der Waals surface area contributed by atoms with Crippen LogP contribution in [0.15, 0.2) is 30.3 Å². The van der Waals surface area contributed by atoms with Gasteiger partial charge in [-0.2, -0.15) is 0 Å². The molecule has 1 aromatic carbocycles. The van der Waals surface area contributed by atoms with E-state index < -0.39 is 10.8 Å². The molecule has 0 radical (unpaired) electrons. The van der Waals surface area contributed by atoms with Crippen LogP contribution in [0.2, 0.25) is 0 Å². The molecule has 0 bridgehead atoms. The van der Waals surface area contributed by atoms with Gasteiger partial charge in [0.1, 0.15) is 0 Å². The number of benzene rings is 1. The van der Waals surface area contributed by atoms with Gasteiger partial charge in [-0.15, -0.1) is 0 Å². The van der Waals surface area contributed by atoms with Crippen molar-refractivity contribution in [2.24, 2.45) is 0 Å². The molecule has 0 aromatic heterocycles. The van der Waals surface area contributed by atoms with E-state index in [0.717, 1.165) is 5.56 Å². The molecule has 1 amide bonds. The summed E-state index contributed by atoms with van der Waals surface area (Å²) in [6.45, 7) is 0.425. The van der Waals surface area contributed by atoms with Crippen molar-refractivity contribution in [1.29, 1.82) is 0 Å². The van der Waals surface area contributed by atoms with Crippen molar-refractivity contribution < 1.29 is 9.00 Å². The van der Waals surface area contributed by atoms with Crippen molar-refractivity contribution in [3.63, 3.8) is 0 Å². The van der Waals surface area contributed by atoms with E-state index in [-0.39, 0.29) is 5.91 Å². The number of nitrogens with one attached hydrogen (secondary N) is 1. The number of hydrogen-bond acceptors (Lipinski definition) is 3. The zero-order valence-corrected chi connectivity index (χ0v) is 10.5. The molecular weight excluding hydrogens is 236 g/mol. The summed E-state index contributed by atoms with van der Waals surface area (Å²) >= 11 is 0. The third-order valence-corrected chi connectivity index (χ3v) is 2.83. The van der Waals surface area contributed by atoms with Gasteiger partial charge < -0.3 is 11.1 Å². The van der Waals surface area contributed by atoms with E-state index in [1.54, 1.807) is 24.5 Å². The third-order valence-electron chi connectivity index (χ3n) is 2.05. The van der Waals surface area contributed by atoms with Gasteiger partial charge in [-0.3, -0.25) is 9.00 Å². The summed E-state index contributed by atoms with van der Waals surface area (Å²) in [5, 5.41) is 2.65. The number of carbonyl (C=O) groups excluding carboxylic acids is 1. The molecule has 17 heavy (non-hydrogen) atoms. The Morgan fingerprint density at radius 3 is 2.65 bits per heavy atom. The monoisotopic (exact) mass is 252 g/mol. The maximum absolute atomic E-state index is 11.3. The van der Waals surface area contributed by atoms with Gasteiger partial charge in [-0.1, -0.05) is 12.1 Å². The molecule has 92 valence electrons. The Morgan fingerprint density at radius 1 is 1.41 bits per heavy atom. The second-order valence-corrected chi connectivity index (χ2v) is 5.12. The van der Waals surface area contributed by atoms with Gasteiger partial charge in [0.15, 0.2) is 0 Å². The van der Waals surface area contributed by atoms with Gasteiger partial charge in [-0.05, 0) is 23.8 Å². The number of nitrogens with two attached hydrogens (primary N) is 1. The molecule has 0 aliphatic heterocycles. The molecule has 1 aromatic rings. The van der Waals surface area contributed by atoms with Crippen molar-refractivity contribution in [3.8, 4) is 0 Å². The number of anilines is 1. The minimum atomic E-state index is -0.877. The highest BCUT2D eigenvalue weighted by atomic mass is 32.2. The Bertz CT molecular complexity index is 427. The summed E-state index contributed by atoms with van der Waals surface area (Å²) in [4.78, 5) is 11.3. The van der Waals surface area contributed by atoms with Crippen LogP contribution in [-0.4, -0.2) is 28.7 Å². The largest absolute Gasteiger partial charge is 0.399 e. The van der Waals surface area contributed by atoms with E-state index in [2.05, 4.69) is 5.32 Å². The van der Waals surface area contributed by atoms with Gasteiger partial charge in [0.25, 0.3) is 0 Å². The Balaban J connectivity index is 2.40. The fourth-order valence-electron chi connectivity index (χ4n) is 1.16. The van der Waals surface area contributed by atoms with E-state index in [9.17, 15) is 9.00 Å². The molecule has 1 atom stereocenters. The number of nitrogen functional groups attached to an aromatic ring is 1. The van der Waals surface area contributed by atoms with Crippen LogP contribution in [0.5, 0.6) is 0 Å². The molecule has 0 spiro atoms. The number of amides is 1. The van der Waals surface area contributed by atoms with Crippen LogP contribution in [-0.2, 0) is 15.6 Å². The molecule has 0 saturated carbocycles. The van der Waals surface area contributed by atoms with E-state index in [1.807, 2.05) is 12.1 Å². The molecule has 1 unspecified atom stereocenters. The molecular formula is C12H16N2O2S. The lowest BCUT2D eigenvalue weighted by atomic mass is 10.2. The minimum Gasteiger partial charge on any atom is -0.399 e. The molecule has 0 aliphatic rings. The van der Waals surface area contributed by atoms with Crippen LogP contribution in [0.1, 0.15) is 5.56 Å². The van der Waals surface area contributed by atoms with Crippen LogP contribution in [0, 0.1) is 0 Å². The lowest BCUT2D eigenvalue weighted by molar-refractivity contribution is -0.116. The van der Waals surface area contributed by atoms with Crippen LogP contribution < -0.4 is 11.1 Å². The lowest BCUT2D eigenvalue weighted by Gasteiger charge is -1.99. The highest BCUT2D eigenvalue weighted by Crippen LogP contribution is 2.06. The lowest BCUT2D eigenvalue weighted by Crippen LogP contribution is -2.25. The SMILES string of the molecule is CS(=O)CCNC(=O)/C=C/c1ccc(N)cc1. The van der Waals surface area contributed by atoms with Crippen molar-refractivity contribution in [1.82, 2.24) is 5.32 Å². The van der Waals surface area contributed by atoms with Crippen molar-refractivity contribution >= 4 is 28.5 Å². The topological polar surface area (TPSA) is 72.2 Å². The molecule has 0 heterocycles. The first kappa shape index (κ1) is 13.4. The van der Waals surface area contributed by atoms with E-state index >= 15 is 0 Å². The summed E-state index contributed by atoms with van der Waals surface area (Å²) in [6, 6.07) is 7.22. The quantitative estimate of drug-likeness (QED) is 0.601. The Kier molecular flexibility index (Phi) is 5.42. The van der Waals surface area contributed by atoms with Gasteiger partial charge in [0.05, 0.1) is 0 Å². The maximum Gasteiger partial charge on any atom is 0.244 e. The second-order valence-electron chi connectivity index (χ2n) is 3.57. The number of hydrogen-bond donors (Lipinski definition) is 2. The van der Waals surface area contributed by atoms with Crippen LogP contribution in [0.25, 0.3) is 6.08 Å². The summed E-state index contributed by atoms with van der Waals surface area (Å²) in [5.41, 5.74) is 7.15. The molecule has 0 fully saturated rings. The van der Waals surface area contributed by atoms with Gasteiger partial charge in [0, 0.05) is 41.1 Å². The number of rotatable bonds is 5. The van der Waals surface area contributed by atoms with E-state index in [0.29, 0.717) is 18.0 Å². The first-order valence-corrected chi connectivity index (χ1v) is 6.92. The predicted molar refractivity (Wildman–Crippen MR) is 71.8 cm³/mol. The minimum absolute atomic E-state index is 0.188. The number of carbonyl (C=O) groups is 1. The van der Waals surface area contributed by atoms with E-state index in [1.165, 1.54) is 6.08 Å². The maximum atomic E-state index is 11.3. The zero-order chi connectivity index (χ0) is 12.7. The van der Waals surface area contributed by atoms with Crippen molar-refractivity contribution in [3.05, 3.63) is 35.9 Å². The summed E-state index contributed by atoms with van der Waals surface area (Å²) in [6.07, 6.45) is 4.76. The zero-order valence-electron chi connectivity index (χ0n) is 9.68. The van der Waals surface area contributed by atoms with Crippen molar-refractivity contribution in [2.75, 3.05) is 24.3 Å². The summed E-state index contributed by atoms with van der Waals surface area (Å²) < 4.78 is 10.8. The van der Waals surface area contributed by atoms with Gasteiger partial charge >= 0.3 is 0 Å². The predicted octanol–water partition coefficient (Wildman–Crippen LogP) is 0.777. The van der Waals surface area contributed by atoms with Crippen LogP contribution in [0.4, 0.5) is 5.69 Å². The van der Waals surface area contributed by atoms with Crippen LogP contribution >= 0.6 is 0 Å². The Hall–Kier alpha value is -1.62. The Morgan fingerprint density at radius 2 is 2.06 bits per heavy atom. The Labute approximate surface area is 103 Å². The van der Waals surface area contributed by atoms with Crippen LogP contribution in [0.3, 0.4) is 0 Å². The van der Waals surface area contributed by atoms with Gasteiger partial charge in [-0.25, -0.2) is 0 Å². The smallest absolute Gasteiger partial charge is 0.244 e. The van der Waals surface area contributed by atoms with Gasteiger partial charge in [0.2, 0.25) is 5.91 Å². The third kappa shape index (κ3) is 5.87. The second kappa shape index (κ2) is 6.85. The first-order chi connectivity index (χ1) is 8.08. The first-order valence-electron chi connectivity index (χ1n) is 5.19. The molecule has 4 nitrogen and oxygen atoms in total. The standard InChI is InChI=1S/C12H16N2O2S/c1-17(16)9-8-14-12(15)7-4-10-2-5-11(13)6-3-10/h2-7H,8-9,13H2,1H3,(H,14,15)/b7-4+. The normalized spacial score (nSPS) is 12.5. The summed E-state index contributed by atoms with van der Waals surface area (Å²) in [7, 11) is -0.877. The summed E-state index contributed by atoms with van der Waals surface area (Å²) in [5.74, 6) is 0.286. The highest BCUT2D eigenvalue weighted by Gasteiger charge is 1.96. The highest BCUT2D eigenvalue weighted by molar-refractivity contribution is 7.84. The fraction of sp³-hybridized carbons (Fsp3) is 0.250. The molecule has 0 saturated heterocycles. The van der Waals surface area contributed by atoms with Crippen molar-refractivity contribution in [2.45, 2.75) is 0 Å². The fourth-order valence-corrected chi connectivity index (χ4v) is 1.55. The molecule has 1 rings (SSSR count). The molecule has 3 N–H and O–H groups in total. The average Bonchev–Trinajstić information content (AvgIpc) is 2.28. The average molecular weight is 252 g/mol. The molecule has 5 heteroatoms. The molecule has 0 aliphatic carbocycles.